The molecule has 0 saturated carbocycles. The minimum absolute atomic E-state index is 0.103. The molecule has 21 heavy (non-hydrogen) atoms. The number of aromatic nitrogens is 6. The van der Waals surface area contributed by atoms with Gasteiger partial charge in [-0.15, -0.1) is 0 Å². The normalized spacial score (nSPS) is 17.7. The third-order valence-electron chi connectivity index (χ3n) is 3.09. The molecule has 2 aromatic rings. The molecular formula is C10H14N8O2S. The number of nitrogens with one attached hydrogen (secondary N) is 1. The quantitative estimate of drug-likeness (QED) is 0.739. The lowest BCUT2D eigenvalue weighted by molar-refractivity contribution is 0.585. The van der Waals surface area contributed by atoms with E-state index >= 15 is 0 Å². The predicted octanol–water partition coefficient (Wildman–Crippen LogP) is -1.27. The van der Waals surface area contributed by atoms with Crippen LogP contribution in [0.5, 0.6) is 0 Å². The van der Waals surface area contributed by atoms with Gasteiger partial charge in [-0.25, -0.2) is 13.4 Å². The summed E-state index contributed by atoms with van der Waals surface area (Å²) in [4.78, 5) is 18.5. The fourth-order valence-corrected chi connectivity index (χ4v) is 3.13. The standard InChI is InChI=1S/C10H14N8O2S/c1-11-8-14-9(17-2-4-21(19,20)5-3-17)16-10(15-8)18-7-12-6-13-18/h6-7H,2-5H2,1H3,(H,11,14,15,16). The van der Waals surface area contributed by atoms with Gasteiger partial charge < -0.3 is 10.2 Å². The molecule has 0 unspecified atom stereocenters. The van der Waals surface area contributed by atoms with E-state index in [0.717, 1.165) is 0 Å². The highest BCUT2D eigenvalue weighted by molar-refractivity contribution is 7.91. The van der Waals surface area contributed by atoms with E-state index in [2.05, 4.69) is 30.4 Å². The Morgan fingerprint density at radius 3 is 2.48 bits per heavy atom. The van der Waals surface area contributed by atoms with Crippen LogP contribution in [0.3, 0.4) is 0 Å². The minimum Gasteiger partial charge on any atom is -0.357 e. The third-order valence-corrected chi connectivity index (χ3v) is 4.70. The molecule has 3 rings (SSSR count). The lowest BCUT2D eigenvalue weighted by atomic mass is 10.5. The van der Waals surface area contributed by atoms with Crippen molar-refractivity contribution in [3.05, 3.63) is 12.7 Å². The Kier molecular flexibility index (Phi) is 3.41. The zero-order valence-corrected chi connectivity index (χ0v) is 12.2. The van der Waals surface area contributed by atoms with E-state index in [4.69, 9.17) is 0 Å². The molecule has 10 nitrogen and oxygen atoms in total. The number of nitrogens with zero attached hydrogens (tertiary/aromatic N) is 7. The SMILES string of the molecule is CNc1nc(N2CCS(=O)(=O)CC2)nc(-n2cncn2)n1. The lowest BCUT2D eigenvalue weighted by Crippen LogP contribution is -2.41. The van der Waals surface area contributed by atoms with Crippen molar-refractivity contribution in [3.63, 3.8) is 0 Å². The zero-order valence-electron chi connectivity index (χ0n) is 11.3. The van der Waals surface area contributed by atoms with E-state index in [1.54, 1.807) is 7.05 Å². The summed E-state index contributed by atoms with van der Waals surface area (Å²) in [7, 11) is -1.25. The number of rotatable bonds is 3. The Hall–Kier alpha value is -2.30. The first-order valence-electron chi connectivity index (χ1n) is 6.31. The molecule has 3 heterocycles. The molecule has 2 aromatic heterocycles. The van der Waals surface area contributed by atoms with Crippen molar-refractivity contribution in [2.75, 3.05) is 41.9 Å². The highest BCUT2D eigenvalue weighted by atomic mass is 32.2. The van der Waals surface area contributed by atoms with E-state index in [1.807, 2.05) is 4.90 Å². The fraction of sp³-hybridized carbons (Fsp3) is 0.500. The van der Waals surface area contributed by atoms with Crippen LogP contribution in [0, 0.1) is 0 Å². The second kappa shape index (κ2) is 5.24. The number of hydrogen-bond acceptors (Lipinski definition) is 9. The van der Waals surface area contributed by atoms with Crippen LogP contribution >= 0.6 is 0 Å². The van der Waals surface area contributed by atoms with Crippen LogP contribution in [0.2, 0.25) is 0 Å². The molecule has 0 atom stereocenters. The van der Waals surface area contributed by atoms with Crippen molar-refractivity contribution >= 4 is 21.7 Å². The summed E-state index contributed by atoms with van der Waals surface area (Å²) in [6.07, 6.45) is 2.87. The largest absolute Gasteiger partial charge is 0.357 e. The maximum absolute atomic E-state index is 11.5. The van der Waals surface area contributed by atoms with E-state index in [0.29, 0.717) is 30.9 Å². The van der Waals surface area contributed by atoms with Crippen LogP contribution in [0.1, 0.15) is 0 Å². The Labute approximate surface area is 121 Å². The van der Waals surface area contributed by atoms with Gasteiger partial charge in [0.1, 0.15) is 12.7 Å². The van der Waals surface area contributed by atoms with E-state index < -0.39 is 9.84 Å². The molecule has 0 amide bonds. The molecule has 0 spiro atoms. The second-order valence-electron chi connectivity index (χ2n) is 4.49. The molecule has 1 fully saturated rings. The summed E-state index contributed by atoms with van der Waals surface area (Å²) in [6, 6.07) is 0. The minimum atomic E-state index is -2.95. The van der Waals surface area contributed by atoms with Crippen molar-refractivity contribution in [1.82, 2.24) is 29.7 Å². The molecule has 0 aliphatic carbocycles. The summed E-state index contributed by atoms with van der Waals surface area (Å²) in [6.45, 7) is 0.735. The average Bonchev–Trinajstić information content (AvgIpc) is 3.01. The Morgan fingerprint density at radius 1 is 1.14 bits per heavy atom. The molecule has 1 saturated heterocycles. The predicted molar refractivity (Wildman–Crippen MR) is 75.2 cm³/mol. The Bertz CT molecular complexity index is 716. The maximum Gasteiger partial charge on any atom is 0.258 e. The summed E-state index contributed by atoms with van der Waals surface area (Å²) < 4.78 is 24.4. The van der Waals surface area contributed by atoms with Crippen LogP contribution in [-0.2, 0) is 9.84 Å². The van der Waals surface area contributed by atoms with Crippen molar-refractivity contribution < 1.29 is 8.42 Å². The Balaban J connectivity index is 1.93. The van der Waals surface area contributed by atoms with Gasteiger partial charge in [-0.05, 0) is 0 Å². The number of anilines is 2. The lowest BCUT2D eigenvalue weighted by Gasteiger charge is -2.26. The number of sulfone groups is 1. The van der Waals surface area contributed by atoms with Gasteiger partial charge in [0.15, 0.2) is 9.84 Å². The van der Waals surface area contributed by atoms with Gasteiger partial charge in [-0.2, -0.15) is 24.7 Å². The molecule has 11 heteroatoms. The molecule has 0 aromatic carbocycles. The highest BCUT2D eigenvalue weighted by Crippen LogP contribution is 2.15. The van der Waals surface area contributed by atoms with Gasteiger partial charge in [0.05, 0.1) is 11.5 Å². The topological polar surface area (TPSA) is 119 Å². The fourth-order valence-electron chi connectivity index (χ4n) is 1.93. The van der Waals surface area contributed by atoms with Crippen molar-refractivity contribution in [3.8, 4) is 5.95 Å². The summed E-state index contributed by atoms with van der Waals surface area (Å²) in [5, 5.41) is 6.84. The highest BCUT2D eigenvalue weighted by Gasteiger charge is 2.24. The van der Waals surface area contributed by atoms with Gasteiger partial charge in [0, 0.05) is 20.1 Å². The van der Waals surface area contributed by atoms with Gasteiger partial charge in [-0.1, -0.05) is 0 Å². The van der Waals surface area contributed by atoms with Crippen LogP contribution < -0.4 is 10.2 Å². The first kappa shape index (κ1) is 13.7. The monoisotopic (exact) mass is 310 g/mol. The van der Waals surface area contributed by atoms with E-state index in [1.165, 1.54) is 17.3 Å². The van der Waals surface area contributed by atoms with Gasteiger partial charge >= 0.3 is 0 Å². The zero-order chi connectivity index (χ0) is 14.9. The molecule has 1 aliphatic heterocycles. The molecule has 0 bridgehead atoms. The van der Waals surface area contributed by atoms with Gasteiger partial charge in [0.25, 0.3) is 5.95 Å². The van der Waals surface area contributed by atoms with Crippen molar-refractivity contribution in [1.29, 1.82) is 0 Å². The smallest absolute Gasteiger partial charge is 0.258 e. The number of hydrogen-bond donors (Lipinski definition) is 1. The van der Waals surface area contributed by atoms with Gasteiger partial charge in [0.2, 0.25) is 11.9 Å². The van der Waals surface area contributed by atoms with Gasteiger partial charge in [-0.3, -0.25) is 0 Å². The van der Waals surface area contributed by atoms with Crippen molar-refractivity contribution in [2.45, 2.75) is 0 Å². The van der Waals surface area contributed by atoms with E-state index in [-0.39, 0.29) is 11.5 Å². The Morgan fingerprint density at radius 2 is 1.86 bits per heavy atom. The first-order chi connectivity index (χ1) is 10.1. The molecule has 112 valence electrons. The second-order valence-corrected chi connectivity index (χ2v) is 6.79. The molecule has 1 N–H and O–H groups in total. The average molecular weight is 310 g/mol. The summed E-state index contributed by atoms with van der Waals surface area (Å²) in [5.41, 5.74) is 0. The van der Waals surface area contributed by atoms with Crippen molar-refractivity contribution in [2.24, 2.45) is 0 Å². The molecule has 0 radical (unpaired) electrons. The third kappa shape index (κ3) is 2.91. The maximum atomic E-state index is 11.5. The van der Waals surface area contributed by atoms with Crippen LogP contribution in [-0.4, -0.2) is 69.8 Å². The molecule has 1 aliphatic rings. The summed E-state index contributed by atoms with van der Waals surface area (Å²) >= 11 is 0. The first-order valence-corrected chi connectivity index (χ1v) is 8.14. The summed E-state index contributed by atoms with van der Waals surface area (Å²) in [5.74, 6) is 1.35. The van der Waals surface area contributed by atoms with Crippen LogP contribution in [0.15, 0.2) is 12.7 Å². The van der Waals surface area contributed by atoms with Crippen LogP contribution in [0.4, 0.5) is 11.9 Å². The van der Waals surface area contributed by atoms with E-state index in [9.17, 15) is 8.42 Å². The van der Waals surface area contributed by atoms with Crippen LogP contribution in [0.25, 0.3) is 5.95 Å². The molecular weight excluding hydrogens is 296 g/mol.